The number of amides is 1. The summed E-state index contributed by atoms with van der Waals surface area (Å²) in [6.45, 7) is 2.15. The molecular formula is C22H30N6O3. The maximum atomic E-state index is 12.8. The Bertz CT molecular complexity index is 925. The number of para-hydroxylation sites is 1. The number of nitrogens with one attached hydrogen (secondary N) is 1. The second-order valence-electron chi connectivity index (χ2n) is 7.87. The van der Waals surface area contributed by atoms with Crippen molar-refractivity contribution in [2.45, 2.75) is 25.3 Å². The van der Waals surface area contributed by atoms with E-state index in [1.54, 1.807) is 24.3 Å². The van der Waals surface area contributed by atoms with Gasteiger partial charge in [-0.2, -0.15) is 4.98 Å². The van der Waals surface area contributed by atoms with Gasteiger partial charge in [-0.15, -0.1) is 0 Å². The summed E-state index contributed by atoms with van der Waals surface area (Å²) in [7, 11) is 5.44. The molecule has 0 spiro atoms. The Labute approximate surface area is 182 Å². The van der Waals surface area contributed by atoms with Crippen LogP contribution in [-0.4, -0.2) is 78.3 Å². The van der Waals surface area contributed by atoms with Crippen molar-refractivity contribution in [3.63, 3.8) is 0 Å². The molecule has 2 heterocycles. The fraction of sp³-hybridized carbons (Fsp3) is 0.455. The highest BCUT2D eigenvalue weighted by atomic mass is 16.5. The fourth-order valence-corrected chi connectivity index (χ4v) is 3.55. The van der Waals surface area contributed by atoms with Crippen LogP contribution in [0.15, 0.2) is 30.5 Å². The number of benzene rings is 1. The molecule has 1 saturated heterocycles. The number of rotatable bonds is 8. The van der Waals surface area contributed by atoms with Gasteiger partial charge in [0.15, 0.2) is 0 Å². The van der Waals surface area contributed by atoms with E-state index in [2.05, 4.69) is 15.3 Å². The van der Waals surface area contributed by atoms with Crippen LogP contribution in [0.25, 0.3) is 0 Å². The van der Waals surface area contributed by atoms with E-state index >= 15 is 0 Å². The van der Waals surface area contributed by atoms with E-state index in [1.165, 1.54) is 13.3 Å². The number of nitrogens with two attached hydrogens (primary N) is 1. The van der Waals surface area contributed by atoms with Crippen molar-refractivity contribution in [1.29, 1.82) is 0 Å². The number of ketones is 1. The quantitative estimate of drug-likeness (QED) is 0.613. The highest BCUT2D eigenvalue weighted by Crippen LogP contribution is 2.24. The summed E-state index contributed by atoms with van der Waals surface area (Å²) in [5.74, 6) is 0.870. The van der Waals surface area contributed by atoms with Crippen molar-refractivity contribution in [3.05, 3.63) is 41.6 Å². The summed E-state index contributed by atoms with van der Waals surface area (Å²) in [6, 6.07) is 7.11. The summed E-state index contributed by atoms with van der Waals surface area (Å²) in [6.07, 6.45) is 3.59. The number of aromatic nitrogens is 2. The van der Waals surface area contributed by atoms with E-state index in [4.69, 9.17) is 10.5 Å². The van der Waals surface area contributed by atoms with Gasteiger partial charge in [0, 0.05) is 38.3 Å². The third kappa shape index (κ3) is 5.69. The van der Waals surface area contributed by atoms with Crippen LogP contribution >= 0.6 is 0 Å². The molecule has 0 aliphatic carbocycles. The third-order valence-corrected chi connectivity index (χ3v) is 5.37. The SMILES string of the molecule is COc1ccccc1C(=O)c1cnc(NC2CCN(C(=O)CCN(C)C)CC2)nc1N. The minimum absolute atomic E-state index is 0.115. The van der Waals surface area contributed by atoms with Crippen molar-refractivity contribution >= 4 is 23.5 Å². The zero-order chi connectivity index (χ0) is 22.4. The summed E-state index contributed by atoms with van der Waals surface area (Å²) in [4.78, 5) is 37.6. The van der Waals surface area contributed by atoms with Crippen LogP contribution in [0.5, 0.6) is 5.75 Å². The van der Waals surface area contributed by atoms with E-state index in [1.807, 2.05) is 23.9 Å². The number of hydrogen-bond acceptors (Lipinski definition) is 8. The number of carbonyl (C=O) groups is 2. The van der Waals surface area contributed by atoms with Crippen LogP contribution < -0.4 is 15.8 Å². The van der Waals surface area contributed by atoms with Crippen molar-refractivity contribution in [2.24, 2.45) is 0 Å². The Hall–Kier alpha value is -3.20. The maximum absolute atomic E-state index is 12.8. The lowest BCUT2D eigenvalue weighted by molar-refractivity contribution is -0.132. The predicted octanol–water partition coefficient (Wildman–Crippen LogP) is 1.65. The highest BCUT2D eigenvalue weighted by Gasteiger charge is 2.24. The van der Waals surface area contributed by atoms with Crippen LogP contribution in [0, 0.1) is 0 Å². The normalized spacial score (nSPS) is 14.5. The van der Waals surface area contributed by atoms with Gasteiger partial charge < -0.3 is 25.6 Å². The Morgan fingerprint density at radius 3 is 2.58 bits per heavy atom. The van der Waals surface area contributed by atoms with Crippen LogP contribution in [0.1, 0.15) is 35.2 Å². The maximum Gasteiger partial charge on any atom is 0.224 e. The minimum Gasteiger partial charge on any atom is -0.496 e. The Morgan fingerprint density at radius 1 is 1.23 bits per heavy atom. The van der Waals surface area contributed by atoms with Gasteiger partial charge in [0.25, 0.3) is 0 Å². The molecule has 1 aliphatic rings. The number of likely N-dealkylation sites (tertiary alicyclic amines) is 1. The van der Waals surface area contributed by atoms with Gasteiger partial charge in [-0.25, -0.2) is 4.98 Å². The topological polar surface area (TPSA) is 114 Å². The highest BCUT2D eigenvalue weighted by molar-refractivity contribution is 6.13. The first kappa shape index (κ1) is 22.5. The summed E-state index contributed by atoms with van der Waals surface area (Å²) in [5.41, 5.74) is 6.71. The van der Waals surface area contributed by atoms with Gasteiger partial charge in [-0.05, 0) is 39.1 Å². The second kappa shape index (κ2) is 10.2. The lowest BCUT2D eigenvalue weighted by Crippen LogP contribution is -2.43. The van der Waals surface area contributed by atoms with Gasteiger partial charge in [-0.3, -0.25) is 9.59 Å². The number of carbonyl (C=O) groups excluding carboxylic acids is 2. The van der Waals surface area contributed by atoms with Crippen molar-refractivity contribution in [2.75, 3.05) is 51.9 Å². The number of ether oxygens (including phenoxy) is 1. The van der Waals surface area contributed by atoms with Gasteiger partial charge in [0.05, 0.1) is 18.2 Å². The molecule has 0 radical (unpaired) electrons. The lowest BCUT2D eigenvalue weighted by atomic mass is 10.0. The molecular weight excluding hydrogens is 396 g/mol. The molecule has 3 rings (SSSR count). The largest absolute Gasteiger partial charge is 0.496 e. The van der Waals surface area contributed by atoms with Gasteiger partial charge in [0.2, 0.25) is 17.6 Å². The van der Waals surface area contributed by atoms with Crippen molar-refractivity contribution in [3.8, 4) is 5.75 Å². The first-order valence-corrected chi connectivity index (χ1v) is 10.4. The number of piperidine rings is 1. The Morgan fingerprint density at radius 2 is 1.94 bits per heavy atom. The molecule has 0 bridgehead atoms. The Kier molecular flexibility index (Phi) is 7.41. The van der Waals surface area contributed by atoms with E-state index in [0.717, 1.165) is 19.4 Å². The van der Waals surface area contributed by atoms with E-state index in [-0.39, 0.29) is 29.1 Å². The predicted molar refractivity (Wildman–Crippen MR) is 119 cm³/mol. The second-order valence-corrected chi connectivity index (χ2v) is 7.87. The van der Waals surface area contributed by atoms with Crippen LogP contribution in [0.3, 0.4) is 0 Å². The average Bonchev–Trinajstić information content (AvgIpc) is 2.77. The molecule has 2 aromatic rings. The van der Waals surface area contributed by atoms with Gasteiger partial charge >= 0.3 is 0 Å². The first-order chi connectivity index (χ1) is 14.9. The zero-order valence-corrected chi connectivity index (χ0v) is 18.3. The minimum atomic E-state index is -0.286. The number of nitrogens with zero attached hydrogens (tertiary/aromatic N) is 4. The number of anilines is 2. The molecule has 0 atom stereocenters. The van der Waals surface area contributed by atoms with Gasteiger partial charge in [-0.1, -0.05) is 12.1 Å². The molecule has 9 heteroatoms. The van der Waals surface area contributed by atoms with E-state index < -0.39 is 0 Å². The monoisotopic (exact) mass is 426 g/mol. The van der Waals surface area contributed by atoms with Crippen molar-refractivity contribution < 1.29 is 14.3 Å². The van der Waals surface area contributed by atoms with Crippen molar-refractivity contribution in [1.82, 2.24) is 19.8 Å². The molecule has 1 amide bonds. The molecule has 1 aromatic heterocycles. The molecule has 3 N–H and O–H groups in total. The molecule has 1 aromatic carbocycles. The smallest absolute Gasteiger partial charge is 0.224 e. The van der Waals surface area contributed by atoms with Crippen LogP contribution in [-0.2, 0) is 4.79 Å². The fourth-order valence-electron chi connectivity index (χ4n) is 3.55. The molecule has 9 nitrogen and oxygen atoms in total. The third-order valence-electron chi connectivity index (χ3n) is 5.37. The number of methoxy groups -OCH3 is 1. The molecule has 1 aliphatic heterocycles. The number of hydrogen-bond donors (Lipinski definition) is 2. The van der Waals surface area contributed by atoms with Gasteiger partial charge in [0.1, 0.15) is 11.6 Å². The molecule has 0 saturated carbocycles. The van der Waals surface area contributed by atoms with Crippen LogP contribution in [0.2, 0.25) is 0 Å². The van der Waals surface area contributed by atoms with E-state index in [0.29, 0.717) is 36.8 Å². The molecule has 31 heavy (non-hydrogen) atoms. The Balaban J connectivity index is 1.59. The first-order valence-electron chi connectivity index (χ1n) is 10.4. The van der Waals surface area contributed by atoms with Crippen LogP contribution in [0.4, 0.5) is 11.8 Å². The summed E-state index contributed by atoms with van der Waals surface area (Å²) < 4.78 is 5.26. The number of nitrogen functional groups attached to an aromatic ring is 1. The molecule has 1 fully saturated rings. The standard InChI is InChI=1S/C22H30N6O3/c1-27(2)11-10-19(29)28-12-8-15(9-13-28)25-22-24-14-17(21(23)26-22)20(30)16-6-4-5-7-18(16)31-3/h4-7,14-15H,8-13H2,1-3H3,(H3,23,24,25,26). The van der Waals surface area contributed by atoms with E-state index in [9.17, 15) is 9.59 Å². The summed E-state index contributed by atoms with van der Waals surface area (Å²) >= 11 is 0. The zero-order valence-electron chi connectivity index (χ0n) is 18.3. The average molecular weight is 427 g/mol. The lowest BCUT2D eigenvalue weighted by Gasteiger charge is -2.32. The molecule has 166 valence electrons. The summed E-state index contributed by atoms with van der Waals surface area (Å²) in [5, 5.41) is 3.28. The molecule has 0 unspecified atom stereocenters.